The zero-order chi connectivity index (χ0) is 11.5. The van der Waals surface area contributed by atoms with Gasteiger partial charge >= 0.3 is 0 Å². The van der Waals surface area contributed by atoms with Gasteiger partial charge in [-0.25, -0.2) is 0 Å². The average Bonchev–Trinajstić information content (AvgIpc) is 2.81. The van der Waals surface area contributed by atoms with E-state index in [9.17, 15) is 9.59 Å². The summed E-state index contributed by atoms with van der Waals surface area (Å²) in [6, 6.07) is -0.512. The Morgan fingerprint density at radius 1 is 1.44 bits per heavy atom. The van der Waals surface area contributed by atoms with Gasteiger partial charge in [-0.3, -0.25) is 9.59 Å². The Morgan fingerprint density at radius 3 is 2.88 bits per heavy atom. The Balaban J connectivity index is 2.04. The van der Waals surface area contributed by atoms with Crippen molar-refractivity contribution in [2.75, 3.05) is 32.8 Å². The predicted molar refractivity (Wildman–Crippen MR) is 56.5 cm³/mol. The van der Waals surface area contributed by atoms with Gasteiger partial charge in [0.05, 0.1) is 12.5 Å². The lowest BCUT2D eigenvalue weighted by molar-refractivity contribution is -0.143. The number of piperazine rings is 1. The molecular formula is C10H17N3O3. The normalized spacial score (nSPS) is 30.4. The van der Waals surface area contributed by atoms with Crippen LogP contribution in [-0.2, 0) is 14.3 Å². The molecule has 0 aromatic rings. The molecule has 2 rings (SSSR count). The average molecular weight is 227 g/mol. The summed E-state index contributed by atoms with van der Waals surface area (Å²) in [5, 5.41) is 3.07. The molecule has 0 aliphatic carbocycles. The van der Waals surface area contributed by atoms with Gasteiger partial charge in [0.2, 0.25) is 11.8 Å². The summed E-state index contributed by atoms with van der Waals surface area (Å²) >= 11 is 0. The first-order chi connectivity index (χ1) is 7.70. The minimum Gasteiger partial charge on any atom is -0.381 e. The Hall–Kier alpha value is -1.14. The zero-order valence-electron chi connectivity index (χ0n) is 9.15. The second-order valence-corrected chi connectivity index (χ2v) is 4.21. The summed E-state index contributed by atoms with van der Waals surface area (Å²) in [5.74, 6) is -0.540. The molecule has 6 heteroatoms. The zero-order valence-corrected chi connectivity index (χ0v) is 9.15. The van der Waals surface area contributed by atoms with E-state index >= 15 is 0 Å². The molecule has 0 aromatic heterocycles. The lowest BCUT2D eigenvalue weighted by atomic mass is 10.0. The number of hydrogen-bond donors (Lipinski definition) is 2. The molecule has 16 heavy (non-hydrogen) atoms. The quantitative estimate of drug-likeness (QED) is 0.589. The SMILES string of the molecule is NC(=O)C1CNCCN1C(=O)C1CCOC1. The molecule has 0 saturated carbocycles. The Labute approximate surface area is 94.1 Å². The lowest BCUT2D eigenvalue weighted by Gasteiger charge is -2.35. The molecule has 3 N–H and O–H groups in total. The minimum absolute atomic E-state index is 0.00259. The van der Waals surface area contributed by atoms with Gasteiger partial charge in [0.1, 0.15) is 6.04 Å². The first kappa shape index (κ1) is 11.3. The molecule has 2 saturated heterocycles. The fraction of sp³-hybridized carbons (Fsp3) is 0.800. The number of carbonyl (C=O) groups excluding carboxylic acids is 2. The molecule has 2 aliphatic heterocycles. The highest BCUT2D eigenvalue weighted by atomic mass is 16.5. The van der Waals surface area contributed by atoms with Crippen molar-refractivity contribution < 1.29 is 14.3 Å². The molecule has 2 fully saturated rings. The van der Waals surface area contributed by atoms with Crippen molar-refractivity contribution in [2.24, 2.45) is 11.7 Å². The fourth-order valence-electron chi connectivity index (χ4n) is 2.19. The van der Waals surface area contributed by atoms with E-state index in [1.54, 1.807) is 4.90 Å². The molecule has 90 valence electrons. The van der Waals surface area contributed by atoms with Crippen molar-refractivity contribution in [3.8, 4) is 0 Å². The van der Waals surface area contributed by atoms with Gasteiger partial charge in [0.15, 0.2) is 0 Å². The van der Waals surface area contributed by atoms with Crippen molar-refractivity contribution in [3.05, 3.63) is 0 Å². The molecular weight excluding hydrogens is 210 g/mol. The highest BCUT2D eigenvalue weighted by Crippen LogP contribution is 2.17. The van der Waals surface area contributed by atoms with Crippen LogP contribution in [0.2, 0.25) is 0 Å². The third kappa shape index (κ3) is 2.17. The first-order valence-corrected chi connectivity index (χ1v) is 5.58. The van der Waals surface area contributed by atoms with E-state index in [4.69, 9.17) is 10.5 Å². The van der Waals surface area contributed by atoms with Crippen molar-refractivity contribution >= 4 is 11.8 Å². The van der Waals surface area contributed by atoms with Gasteiger partial charge < -0.3 is 20.7 Å². The van der Waals surface area contributed by atoms with Gasteiger partial charge in [-0.2, -0.15) is 0 Å². The van der Waals surface area contributed by atoms with Crippen molar-refractivity contribution in [1.82, 2.24) is 10.2 Å². The third-order valence-corrected chi connectivity index (χ3v) is 3.13. The van der Waals surface area contributed by atoms with Crippen LogP contribution < -0.4 is 11.1 Å². The number of nitrogens with zero attached hydrogens (tertiary/aromatic N) is 1. The number of ether oxygens (including phenoxy) is 1. The molecule has 0 spiro atoms. The van der Waals surface area contributed by atoms with E-state index in [-0.39, 0.29) is 11.8 Å². The standard InChI is InChI=1S/C10H17N3O3/c11-9(14)8-5-12-2-3-13(8)10(15)7-1-4-16-6-7/h7-8,12H,1-6H2,(H2,11,14). The van der Waals surface area contributed by atoms with Gasteiger partial charge in [-0.1, -0.05) is 0 Å². The molecule has 0 radical (unpaired) electrons. The monoisotopic (exact) mass is 227 g/mol. The number of rotatable bonds is 2. The second-order valence-electron chi connectivity index (χ2n) is 4.21. The third-order valence-electron chi connectivity index (χ3n) is 3.13. The van der Waals surface area contributed by atoms with Crippen LogP contribution in [0.15, 0.2) is 0 Å². The van der Waals surface area contributed by atoms with Crippen LogP contribution in [0.25, 0.3) is 0 Å². The topological polar surface area (TPSA) is 84.7 Å². The Morgan fingerprint density at radius 2 is 2.25 bits per heavy atom. The smallest absolute Gasteiger partial charge is 0.241 e. The van der Waals surface area contributed by atoms with E-state index in [1.807, 2.05) is 0 Å². The van der Waals surface area contributed by atoms with Gasteiger partial charge in [-0.05, 0) is 6.42 Å². The summed E-state index contributed by atoms with van der Waals surface area (Å²) in [4.78, 5) is 25.0. The van der Waals surface area contributed by atoms with E-state index in [1.165, 1.54) is 0 Å². The minimum atomic E-state index is -0.512. The fourth-order valence-corrected chi connectivity index (χ4v) is 2.19. The van der Waals surface area contributed by atoms with E-state index in [0.29, 0.717) is 32.8 Å². The molecule has 6 nitrogen and oxygen atoms in total. The van der Waals surface area contributed by atoms with Crippen LogP contribution in [0.1, 0.15) is 6.42 Å². The molecule has 2 unspecified atom stereocenters. The highest BCUT2D eigenvalue weighted by molar-refractivity contribution is 5.88. The van der Waals surface area contributed by atoms with Gasteiger partial charge in [-0.15, -0.1) is 0 Å². The molecule has 0 bridgehead atoms. The van der Waals surface area contributed by atoms with Crippen molar-refractivity contribution in [2.45, 2.75) is 12.5 Å². The lowest BCUT2D eigenvalue weighted by Crippen LogP contribution is -2.59. The van der Waals surface area contributed by atoms with Gasteiger partial charge in [0, 0.05) is 26.2 Å². The molecule has 2 aliphatic rings. The van der Waals surface area contributed by atoms with Crippen LogP contribution in [-0.4, -0.2) is 55.6 Å². The highest BCUT2D eigenvalue weighted by Gasteiger charge is 2.35. The van der Waals surface area contributed by atoms with E-state index < -0.39 is 11.9 Å². The first-order valence-electron chi connectivity index (χ1n) is 5.58. The van der Waals surface area contributed by atoms with Gasteiger partial charge in [0.25, 0.3) is 0 Å². The van der Waals surface area contributed by atoms with Crippen molar-refractivity contribution in [1.29, 1.82) is 0 Å². The van der Waals surface area contributed by atoms with Crippen LogP contribution in [0.5, 0.6) is 0 Å². The maximum absolute atomic E-state index is 12.1. The molecule has 2 amide bonds. The summed E-state index contributed by atoms with van der Waals surface area (Å²) in [6.45, 7) is 2.80. The largest absolute Gasteiger partial charge is 0.381 e. The Kier molecular flexibility index (Phi) is 3.40. The summed E-state index contributed by atoms with van der Waals surface area (Å²) in [7, 11) is 0. The number of carbonyl (C=O) groups is 2. The number of primary amides is 1. The number of hydrogen-bond acceptors (Lipinski definition) is 4. The van der Waals surface area contributed by atoms with Crippen molar-refractivity contribution in [3.63, 3.8) is 0 Å². The van der Waals surface area contributed by atoms with Crippen LogP contribution in [0.4, 0.5) is 0 Å². The van der Waals surface area contributed by atoms with Crippen LogP contribution in [0.3, 0.4) is 0 Å². The Bertz CT molecular complexity index is 289. The van der Waals surface area contributed by atoms with E-state index in [0.717, 1.165) is 6.42 Å². The summed E-state index contributed by atoms with van der Waals surface area (Å²) < 4.78 is 5.19. The second kappa shape index (κ2) is 4.80. The maximum Gasteiger partial charge on any atom is 0.241 e. The predicted octanol–water partition coefficient (Wildman–Crippen LogP) is -1.69. The molecule has 2 atom stereocenters. The number of amides is 2. The number of nitrogens with two attached hydrogens (primary N) is 1. The van der Waals surface area contributed by atoms with Crippen LogP contribution >= 0.6 is 0 Å². The van der Waals surface area contributed by atoms with E-state index in [2.05, 4.69) is 5.32 Å². The number of nitrogens with one attached hydrogen (secondary N) is 1. The maximum atomic E-state index is 12.1. The summed E-state index contributed by atoms with van der Waals surface area (Å²) in [5.41, 5.74) is 5.29. The summed E-state index contributed by atoms with van der Waals surface area (Å²) in [6.07, 6.45) is 0.744. The van der Waals surface area contributed by atoms with Crippen LogP contribution in [0, 0.1) is 5.92 Å². The molecule has 2 heterocycles. The molecule has 0 aromatic carbocycles.